The first-order valence-electron chi connectivity index (χ1n) is 11.0. The van der Waals surface area contributed by atoms with Crippen molar-refractivity contribution < 1.29 is 26.8 Å². The van der Waals surface area contributed by atoms with Crippen LogP contribution >= 0.6 is 0 Å². The Morgan fingerprint density at radius 2 is 1.62 bits per heavy atom. The van der Waals surface area contributed by atoms with Crippen LogP contribution in [0.4, 0.5) is 14.5 Å². The minimum Gasteiger partial charge on any atom is -0.352 e. The van der Waals surface area contributed by atoms with E-state index in [0.29, 0.717) is 0 Å². The Morgan fingerprint density at radius 1 is 1.00 bits per heavy atom. The molecular weight excluding hydrogens is 464 g/mol. The highest BCUT2D eigenvalue weighted by molar-refractivity contribution is 7.92. The highest BCUT2D eigenvalue weighted by atomic mass is 32.2. The van der Waals surface area contributed by atoms with Gasteiger partial charge in [-0.25, -0.2) is 17.2 Å². The molecule has 2 aromatic carbocycles. The van der Waals surface area contributed by atoms with Crippen LogP contribution in [0, 0.1) is 11.6 Å². The van der Waals surface area contributed by atoms with E-state index in [0.717, 1.165) is 22.7 Å². The zero-order valence-electron chi connectivity index (χ0n) is 19.8. The van der Waals surface area contributed by atoms with Crippen LogP contribution in [0.2, 0.25) is 0 Å². The smallest absolute Gasteiger partial charge is 0.242 e. The Morgan fingerprint density at radius 3 is 2.18 bits per heavy atom. The number of halogens is 2. The molecule has 1 N–H and O–H groups in total. The number of nitrogens with one attached hydrogen (secondary N) is 1. The fourth-order valence-electron chi connectivity index (χ4n) is 3.41. The Labute approximate surface area is 199 Å². The second-order valence-corrected chi connectivity index (χ2v) is 10.3. The van der Waals surface area contributed by atoms with E-state index in [-0.39, 0.29) is 49.1 Å². The quantitative estimate of drug-likeness (QED) is 0.517. The van der Waals surface area contributed by atoms with Gasteiger partial charge >= 0.3 is 0 Å². The zero-order chi connectivity index (χ0) is 25.5. The third-order valence-electron chi connectivity index (χ3n) is 5.16. The average molecular weight is 496 g/mol. The van der Waals surface area contributed by atoms with E-state index in [1.165, 1.54) is 29.2 Å². The van der Waals surface area contributed by atoms with Crippen LogP contribution in [0.5, 0.6) is 0 Å². The highest BCUT2D eigenvalue weighted by Gasteiger charge is 2.27. The number of hydrogen-bond donors (Lipinski definition) is 1. The molecule has 7 nitrogen and oxygen atoms in total. The molecule has 0 aliphatic heterocycles. The lowest BCUT2D eigenvalue weighted by atomic mass is 10.1. The molecule has 0 saturated heterocycles. The van der Waals surface area contributed by atoms with Crippen molar-refractivity contribution in [2.45, 2.75) is 52.2 Å². The molecule has 34 heavy (non-hydrogen) atoms. The van der Waals surface area contributed by atoms with Crippen molar-refractivity contribution >= 4 is 27.5 Å². The average Bonchev–Trinajstić information content (AvgIpc) is 2.75. The van der Waals surface area contributed by atoms with E-state index < -0.39 is 33.6 Å². The summed E-state index contributed by atoms with van der Waals surface area (Å²) in [4.78, 5) is 27.0. The number of carbonyl (C=O) groups excluding carboxylic acids is 2. The van der Waals surface area contributed by atoms with Gasteiger partial charge in [-0.15, -0.1) is 0 Å². The summed E-state index contributed by atoms with van der Waals surface area (Å²) in [7, 11) is -3.67. The second kappa shape index (κ2) is 11.9. The molecular formula is C24H31F2N3O4S. The van der Waals surface area contributed by atoms with Gasteiger partial charge in [-0.1, -0.05) is 18.2 Å². The maximum atomic E-state index is 14.3. The molecule has 2 aromatic rings. The maximum Gasteiger partial charge on any atom is 0.242 e. The van der Waals surface area contributed by atoms with Crippen LogP contribution in [-0.4, -0.2) is 50.0 Å². The van der Waals surface area contributed by atoms with E-state index in [9.17, 15) is 26.8 Å². The van der Waals surface area contributed by atoms with E-state index in [1.807, 2.05) is 0 Å². The molecule has 2 amide bonds. The molecule has 0 heterocycles. The zero-order valence-corrected chi connectivity index (χ0v) is 20.6. The predicted molar refractivity (Wildman–Crippen MR) is 128 cm³/mol. The first-order valence-corrected chi connectivity index (χ1v) is 12.8. The Bertz CT molecular complexity index is 1090. The van der Waals surface area contributed by atoms with Crippen molar-refractivity contribution in [1.82, 2.24) is 10.2 Å². The van der Waals surface area contributed by atoms with Crippen molar-refractivity contribution in [1.29, 1.82) is 0 Å². The van der Waals surface area contributed by atoms with Gasteiger partial charge in [-0.2, -0.15) is 0 Å². The third kappa shape index (κ3) is 7.79. The second-order valence-electron chi connectivity index (χ2n) is 8.37. The van der Waals surface area contributed by atoms with Gasteiger partial charge in [0.15, 0.2) is 0 Å². The SMILES string of the molecule is CC(C)NC(=O)C(C)N(Cc1ccccc1F)C(=O)CCCN(c1ccc(F)cc1)S(C)(=O)=O. The Balaban J connectivity index is 2.17. The molecule has 0 aromatic heterocycles. The number of carbonyl (C=O) groups is 2. The normalized spacial score (nSPS) is 12.3. The van der Waals surface area contributed by atoms with Gasteiger partial charge in [0, 0.05) is 31.1 Å². The van der Waals surface area contributed by atoms with Crippen LogP contribution in [0.3, 0.4) is 0 Å². The third-order valence-corrected chi connectivity index (χ3v) is 6.36. The lowest BCUT2D eigenvalue weighted by molar-refractivity contribution is -0.140. The van der Waals surface area contributed by atoms with Crippen molar-refractivity contribution in [2.24, 2.45) is 0 Å². The molecule has 2 rings (SSSR count). The van der Waals surface area contributed by atoms with Crippen molar-refractivity contribution in [3.8, 4) is 0 Å². The highest BCUT2D eigenvalue weighted by Crippen LogP contribution is 2.20. The largest absolute Gasteiger partial charge is 0.352 e. The van der Waals surface area contributed by atoms with E-state index in [1.54, 1.807) is 32.9 Å². The molecule has 0 fully saturated rings. The topological polar surface area (TPSA) is 86.8 Å². The van der Waals surface area contributed by atoms with E-state index in [2.05, 4.69) is 5.32 Å². The molecule has 0 aliphatic carbocycles. The Hall–Kier alpha value is -3.01. The van der Waals surface area contributed by atoms with Gasteiger partial charge in [0.25, 0.3) is 0 Å². The van der Waals surface area contributed by atoms with E-state index >= 15 is 0 Å². The van der Waals surface area contributed by atoms with E-state index in [4.69, 9.17) is 0 Å². The van der Waals surface area contributed by atoms with Gasteiger partial charge in [-0.05, 0) is 57.5 Å². The molecule has 0 aliphatic rings. The van der Waals surface area contributed by atoms with Crippen molar-refractivity contribution in [3.63, 3.8) is 0 Å². The standard InChI is InChI=1S/C24H31F2N3O4S/c1-17(2)27-24(31)18(3)28(16-19-8-5-6-9-22(19)26)23(30)10-7-15-29(34(4,32)33)21-13-11-20(25)12-14-21/h5-6,8-9,11-14,17-18H,7,10,15-16H2,1-4H3,(H,27,31). The molecule has 0 radical (unpaired) electrons. The molecule has 186 valence electrons. The minimum atomic E-state index is -3.67. The van der Waals surface area contributed by atoms with Crippen LogP contribution in [-0.2, 0) is 26.2 Å². The van der Waals surface area contributed by atoms with Gasteiger partial charge in [0.05, 0.1) is 11.9 Å². The van der Waals surface area contributed by atoms with Crippen LogP contribution < -0.4 is 9.62 Å². The summed E-state index contributed by atoms with van der Waals surface area (Å²) in [6, 6.07) is 10.0. The first kappa shape index (κ1) is 27.2. The van der Waals surface area contributed by atoms with Gasteiger partial charge in [0.2, 0.25) is 21.8 Å². The fraction of sp³-hybridized carbons (Fsp3) is 0.417. The van der Waals surface area contributed by atoms with Gasteiger partial charge < -0.3 is 10.2 Å². The number of sulfonamides is 1. The van der Waals surface area contributed by atoms with Crippen LogP contribution in [0.1, 0.15) is 39.2 Å². The monoisotopic (exact) mass is 495 g/mol. The number of amides is 2. The van der Waals surface area contributed by atoms with Crippen LogP contribution in [0.25, 0.3) is 0 Å². The molecule has 0 saturated carbocycles. The molecule has 1 unspecified atom stereocenters. The van der Waals surface area contributed by atoms with Gasteiger partial charge in [-0.3, -0.25) is 13.9 Å². The fourth-order valence-corrected chi connectivity index (χ4v) is 4.37. The Kier molecular flexibility index (Phi) is 9.55. The summed E-state index contributed by atoms with van der Waals surface area (Å²) in [6.45, 7) is 5.03. The molecule has 0 bridgehead atoms. The molecule has 10 heteroatoms. The number of hydrogen-bond acceptors (Lipinski definition) is 4. The molecule has 0 spiro atoms. The van der Waals surface area contributed by atoms with Gasteiger partial charge in [0.1, 0.15) is 17.7 Å². The molecule has 1 atom stereocenters. The lowest BCUT2D eigenvalue weighted by Gasteiger charge is -2.30. The first-order chi connectivity index (χ1) is 15.9. The minimum absolute atomic E-state index is 0.0175. The summed E-state index contributed by atoms with van der Waals surface area (Å²) in [5.74, 6) is -1.77. The lowest BCUT2D eigenvalue weighted by Crippen LogP contribution is -2.49. The summed E-state index contributed by atoms with van der Waals surface area (Å²) in [5, 5.41) is 2.75. The van der Waals surface area contributed by atoms with Crippen molar-refractivity contribution in [3.05, 3.63) is 65.7 Å². The van der Waals surface area contributed by atoms with Crippen molar-refractivity contribution in [2.75, 3.05) is 17.1 Å². The maximum absolute atomic E-state index is 14.3. The summed E-state index contributed by atoms with van der Waals surface area (Å²) in [6.07, 6.45) is 1.11. The van der Waals surface area contributed by atoms with Crippen LogP contribution in [0.15, 0.2) is 48.5 Å². The summed E-state index contributed by atoms with van der Waals surface area (Å²) < 4.78 is 53.1. The summed E-state index contributed by atoms with van der Waals surface area (Å²) >= 11 is 0. The predicted octanol–water partition coefficient (Wildman–Crippen LogP) is 3.45. The number of rotatable bonds is 11. The number of nitrogens with zero attached hydrogens (tertiary/aromatic N) is 2. The number of benzene rings is 2. The summed E-state index contributed by atoms with van der Waals surface area (Å²) in [5.41, 5.74) is 0.549. The number of anilines is 1.